The molecule has 2 aromatic carbocycles. The van der Waals surface area contributed by atoms with E-state index in [-0.39, 0.29) is 13.0 Å². The second-order valence-corrected chi connectivity index (χ2v) is 8.84. The fourth-order valence-electron chi connectivity index (χ4n) is 4.14. The molecule has 9 nitrogen and oxygen atoms in total. The van der Waals surface area contributed by atoms with Crippen LogP contribution in [-0.2, 0) is 0 Å². The van der Waals surface area contributed by atoms with Crippen molar-refractivity contribution < 1.29 is 19.0 Å². The molecule has 0 bridgehead atoms. The first kappa shape index (κ1) is 24.9. The number of aromatic nitrogens is 4. The van der Waals surface area contributed by atoms with Crippen LogP contribution in [0.3, 0.4) is 0 Å². The van der Waals surface area contributed by atoms with E-state index in [1.807, 2.05) is 55.7 Å². The maximum absolute atomic E-state index is 14.6. The van der Waals surface area contributed by atoms with Gasteiger partial charge in [0.1, 0.15) is 23.2 Å². The van der Waals surface area contributed by atoms with E-state index in [9.17, 15) is 14.3 Å². The number of amides is 1. The summed E-state index contributed by atoms with van der Waals surface area (Å²) in [6, 6.07) is 13.7. The lowest BCUT2D eigenvalue weighted by Gasteiger charge is -2.23. The van der Waals surface area contributed by atoms with Gasteiger partial charge in [-0.2, -0.15) is 10.2 Å². The Labute approximate surface area is 208 Å². The summed E-state index contributed by atoms with van der Waals surface area (Å²) in [6.07, 6.45) is -1.46. The molecule has 0 saturated heterocycles. The summed E-state index contributed by atoms with van der Waals surface area (Å²) in [4.78, 5) is 14.3. The van der Waals surface area contributed by atoms with E-state index < -0.39 is 18.0 Å². The molecule has 0 radical (unpaired) electrons. The fourth-order valence-corrected chi connectivity index (χ4v) is 4.14. The molecule has 1 unspecified atom stereocenters. The summed E-state index contributed by atoms with van der Waals surface area (Å²) in [5.41, 5.74) is 3.57. The van der Waals surface area contributed by atoms with E-state index in [4.69, 9.17) is 9.84 Å². The number of rotatable bonds is 8. The molecule has 0 fully saturated rings. The number of hydrogen-bond donors (Lipinski definition) is 1. The van der Waals surface area contributed by atoms with Crippen molar-refractivity contribution in [2.45, 2.75) is 26.4 Å². The monoisotopic (exact) mass is 492 g/mol. The summed E-state index contributed by atoms with van der Waals surface area (Å²) in [6.45, 7) is 4.06. The minimum Gasteiger partial charge on any atom is -0.485 e. The van der Waals surface area contributed by atoms with Crippen molar-refractivity contribution >= 4 is 22.8 Å². The molecule has 0 aliphatic rings. The highest BCUT2D eigenvalue weighted by atomic mass is 19.1. The first-order chi connectivity index (χ1) is 17.2. The Hall–Kier alpha value is -4.21. The zero-order chi connectivity index (χ0) is 26.0. The Morgan fingerprint density at radius 1 is 1.11 bits per heavy atom. The minimum absolute atomic E-state index is 0.185. The normalized spacial score (nSPS) is 11.9. The maximum Gasteiger partial charge on any atom is 0.407 e. The van der Waals surface area contributed by atoms with E-state index >= 15 is 0 Å². The SMILES string of the molecule is Cc1nnc(N(C)C)c2nn(-c3cccc(OC(CCN(C)C(=O)O)c4ccccc4F)c3)c(C)c12. The topological polar surface area (TPSA) is 96.6 Å². The Kier molecular flexibility index (Phi) is 7.05. The third-order valence-corrected chi connectivity index (χ3v) is 6.05. The van der Waals surface area contributed by atoms with Crippen LogP contribution in [0.5, 0.6) is 5.75 Å². The molecule has 1 atom stereocenters. The highest BCUT2D eigenvalue weighted by Gasteiger charge is 2.21. The number of ether oxygens (including phenoxy) is 1. The van der Waals surface area contributed by atoms with Crippen LogP contribution in [0.4, 0.5) is 15.0 Å². The molecule has 1 N–H and O–H groups in total. The quantitative estimate of drug-likeness (QED) is 0.379. The smallest absolute Gasteiger partial charge is 0.407 e. The first-order valence-corrected chi connectivity index (χ1v) is 11.5. The molecular formula is C26H29FN6O3. The average Bonchev–Trinajstić information content (AvgIpc) is 3.20. The Balaban J connectivity index is 1.70. The molecule has 2 aromatic heterocycles. The number of halogens is 1. The summed E-state index contributed by atoms with van der Waals surface area (Å²) in [5.74, 6) is 0.781. The fraction of sp³-hybridized carbons (Fsp3) is 0.308. The number of hydrogen-bond acceptors (Lipinski definition) is 6. The van der Waals surface area contributed by atoms with Gasteiger partial charge in [0, 0.05) is 45.7 Å². The number of carbonyl (C=O) groups is 1. The number of fused-ring (bicyclic) bond motifs is 1. The zero-order valence-electron chi connectivity index (χ0n) is 20.9. The van der Waals surface area contributed by atoms with E-state index in [2.05, 4.69) is 10.2 Å². The average molecular weight is 493 g/mol. The lowest BCUT2D eigenvalue weighted by atomic mass is 10.1. The van der Waals surface area contributed by atoms with Gasteiger partial charge in [-0.3, -0.25) is 0 Å². The van der Waals surface area contributed by atoms with Crippen molar-refractivity contribution in [3.05, 3.63) is 71.3 Å². The molecule has 4 rings (SSSR count). The molecule has 0 spiro atoms. The van der Waals surface area contributed by atoms with E-state index in [0.29, 0.717) is 17.1 Å². The van der Waals surface area contributed by atoms with Crippen molar-refractivity contribution in [3.63, 3.8) is 0 Å². The van der Waals surface area contributed by atoms with Crippen molar-refractivity contribution in [2.75, 3.05) is 32.6 Å². The predicted octanol–water partition coefficient (Wildman–Crippen LogP) is 4.76. The van der Waals surface area contributed by atoms with Crippen LogP contribution in [0, 0.1) is 19.7 Å². The van der Waals surface area contributed by atoms with Crippen LogP contribution in [0.2, 0.25) is 0 Å². The Morgan fingerprint density at radius 3 is 2.56 bits per heavy atom. The van der Waals surface area contributed by atoms with Crippen molar-refractivity contribution in [1.82, 2.24) is 24.9 Å². The Morgan fingerprint density at radius 2 is 1.86 bits per heavy atom. The van der Waals surface area contributed by atoms with Gasteiger partial charge in [-0.05, 0) is 32.0 Å². The highest BCUT2D eigenvalue weighted by Crippen LogP contribution is 2.31. The second kappa shape index (κ2) is 10.2. The van der Waals surface area contributed by atoms with Crippen LogP contribution in [0.1, 0.15) is 29.5 Å². The Bertz CT molecular complexity index is 1400. The van der Waals surface area contributed by atoms with Crippen molar-refractivity contribution in [2.24, 2.45) is 0 Å². The molecule has 0 saturated carbocycles. The lowest BCUT2D eigenvalue weighted by Crippen LogP contribution is -2.28. The van der Waals surface area contributed by atoms with Gasteiger partial charge in [-0.1, -0.05) is 24.3 Å². The molecule has 2 heterocycles. The van der Waals surface area contributed by atoms with Crippen molar-refractivity contribution in [1.29, 1.82) is 0 Å². The third-order valence-electron chi connectivity index (χ3n) is 6.05. The van der Waals surface area contributed by atoms with Crippen LogP contribution in [-0.4, -0.2) is 63.8 Å². The van der Waals surface area contributed by atoms with E-state index in [0.717, 1.165) is 32.9 Å². The second-order valence-electron chi connectivity index (χ2n) is 8.84. The minimum atomic E-state index is -1.05. The van der Waals surface area contributed by atoms with Gasteiger partial charge in [0.25, 0.3) is 0 Å². The van der Waals surface area contributed by atoms with Gasteiger partial charge in [-0.25, -0.2) is 13.9 Å². The van der Waals surface area contributed by atoms with Gasteiger partial charge in [0.05, 0.1) is 22.5 Å². The number of benzene rings is 2. The molecule has 10 heteroatoms. The summed E-state index contributed by atoms with van der Waals surface area (Å²) in [5, 5.41) is 23.6. The molecule has 36 heavy (non-hydrogen) atoms. The van der Waals surface area contributed by atoms with Gasteiger partial charge in [0.2, 0.25) is 0 Å². The molecular weight excluding hydrogens is 463 g/mol. The van der Waals surface area contributed by atoms with Crippen LogP contribution in [0.15, 0.2) is 48.5 Å². The van der Waals surface area contributed by atoms with Gasteiger partial charge < -0.3 is 19.6 Å². The predicted molar refractivity (Wildman–Crippen MR) is 136 cm³/mol. The van der Waals surface area contributed by atoms with Crippen LogP contribution >= 0.6 is 0 Å². The van der Waals surface area contributed by atoms with Gasteiger partial charge >= 0.3 is 6.09 Å². The number of nitrogens with zero attached hydrogens (tertiary/aromatic N) is 6. The lowest BCUT2D eigenvalue weighted by molar-refractivity contribution is 0.139. The maximum atomic E-state index is 14.6. The number of carboxylic acid groups (broad SMARTS) is 1. The summed E-state index contributed by atoms with van der Waals surface area (Å²) >= 11 is 0. The molecule has 0 aliphatic carbocycles. The largest absolute Gasteiger partial charge is 0.485 e. The first-order valence-electron chi connectivity index (χ1n) is 11.5. The molecule has 0 aliphatic heterocycles. The van der Waals surface area contributed by atoms with Gasteiger partial charge in [-0.15, -0.1) is 5.10 Å². The molecule has 188 valence electrons. The van der Waals surface area contributed by atoms with Crippen LogP contribution < -0.4 is 9.64 Å². The number of anilines is 1. The van der Waals surface area contributed by atoms with Crippen molar-refractivity contribution in [3.8, 4) is 11.4 Å². The van der Waals surface area contributed by atoms with Crippen LogP contribution in [0.25, 0.3) is 16.6 Å². The summed E-state index contributed by atoms with van der Waals surface area (Å²) in [7, 11) is 5.26. The van der Waals surface area contributed by atoms with E-state index in [1.54, 1.807) is 24.3 Å². The third kappa shape index (κ3) is 4.93. The highest BCUT2D eigenvalue weighted by molar-refractivity contribution is 5.92. The van der Waals surface area contributed by atoms with Gasteiger partial charge in [0.15, 0.2) is 5.82 Å². The zero-order valence-corrected chi connectivity index (χ0v) is 20.9. The number of aryl methyl sites for hydroxylation is 2. The van der Waals surface area contributed by atoms with E-state index in [1.165, 1.54) is 13.1 Å². The molecule has 4 aromatic rings. The standard InChI is InChI=1S/C26H29FN6O3/c1-16-23-17(2)33(30-24(23)25(29-28-16)31(3)4)18-9-8-10-19(15-18)36-22(13-14-32(5)26(34)35)20-11-6-7-12-21(20)27/h6-12,15,22H,13-14H2,1-5H3,(H,34,35). The summed E-state index contributed by atoms with van der Waals surface area (Å²) < 4.78 is 22.7. The molecule has 1 amide bonds.